The Morgan fingerprint density at radius 3 is 2.04 bits per heavy atom. The number of aryl methyl sites for hydroxylation is 2. The highest BCUT2D eigenvalue weighted by molar-refractivity contribution is 6.31. The van der Waals surface area contributed by atoms with Crippen molar-refractivity contribution >= 4 is 17.7 Å². The van der Waals surface area contributed by atoms with Crippen LogP contribution in [0, 0.1) is 20.8 Å². The molecule has 0 bridgehead atoms. The Balaban J connectivity index is 2.47. The second-order valence-electron chi connectivity index (χ2n) is 6.40. The fourth-order valence-corrected chi connectivity index (χ4v) is 2.96. The molecule has 146 valence electrons. The molecule has 0 amide bonds. The Morgan fingerprint density at radius 1 is 0.889 bits per heavy atom. The standard InChI is InChI=1S/C20H17ClF6/c1-11-4-5-14(9-17(11)20(25,26)27)6-7-16(19(22,23)24)15-8-12(2)13(3)18(21)10-15/h4-10,16H,1-3H3/b7-6+. The van der Waals surface area contributed by atoms with Crippen LogP contribution in [0.3, 0.4) is 0 Å². The largest absolute Gasteiger partial charge is 0.416 e. The third-order valence-electron chi connectivity index (χ3n) is 4.39. The number of allylic oxidation sites excluding steroid dienone is 1. The fraction of sp³-hybridized carbons (Fsp3) is 0.300. The van der Waals surface area contributed by atoms with E-state index in [2.05, 4.69) is 0 Å². The van der Waals surface area contributed by atoms with Crippen molar-refractivity contribution in [2.75, 3.05) is 0 Å². The molecule has 0 radical (unpaired) electrons. The highest BCUT2D eigenvalue weighted by atomic mass is 35.5. The normalized spacial score (nSPS) is 14.0. The number of alkyl halides is 6. The van der Waals surface area contributed by atoms with Gasteiger partial charge in [-0.3, -0.25) is 0 Å². The van der Waals surface area contributed by atoms with Gasteiger partial charge >= 0.3 is 12.4 Å². The van der Waals surface area contributed by atoms with Gasteiger partial charge in [-0.15, -0.1) is 0 Å². The Kier molecular flexibility index (Phi) is 6.00. The first-order chi connectivity index (χ1) is 12.3. The molecule has 2 aromatic rings. The Bertz CT molecular complexity index is 839. The van der Waals surface area contributed by atoms with Crippen molar-refractivity contribution in [3.05, 3.63) is 74.8 Å². The SMILES string of the molecule is Cc1ccc(/C=C/C(c2cc(C)c(C)c(Cl)c2)C(F)(F)F)cc1C(F)(F)F. The van der Waals surface area contributed by atoms with Gasteiger partial charge in [-0.25, -0.2) is 0 Å². The molecule has 1 unspecified atom stereocenters. The van der Waals surface area contributed by atoms with Crippen molar-refractivity contribution in [1.82, 2.24) is 0 Å². The molecule has 7 heteroatoms. The van der Waals surface area contributed by atoms with Crippen molar-refractivity contribution in [3.8, 4) is 0 Å². The number of hydrogen-bond acceptors (Lipinski definition) is 0. The van der Waals surface area contributed by atoms with Crippen LogP contribution < -0.4 is 0 Å². The topological polar surface area (TPSA) is 0 Å². The van der Waals surface area contributed by atoms with Gasteiger partial charge in [-0.2, -0.15) is 26.3 Å². The van der Waals surface area contributed by atoms with Gasteiger partial charge in [0.1, 0.15) is 0 Å². The van der Waals surface area contributed by atoms with Crippen LogP contribution in [0.1, 0.15) is 39.3 Å². The van der Waals surface area contributed by atoms with E-state index in [9.17, 15) is 26.3 Å². The molecule has 0 nitrogen and oxygen atoms in total. The van der Waals surface area contributed by atoms with Gasteiger partial charge in [-0.05, 0) is 60.7 Å². The van der Waals surface area contributed by atoms with Crippen molar-refractivity contribution in [3.63, 3.8) is 0 Å². The lowest BCUT2D eigenvalue weighted by atomic mass is 9.93. The molecule has 2 rings (SSSR count). The molecule has 0 saturated heterocycles. The second-order valence-corrected chi connectivity index (χ2v) is 6.80. The summed E-state index contributed by atoms with van der Waals surface area (Å²) >= 11 is 6.00. The first-order valence-corrected chi connectivity index (χ1v) is 8.38. The molecule has 0 N–H and O–H groups in total. The summed E-state index contributed by atoms with van der Waals surface area (Å²) in [4.78, 5) is 0. The summed E-state index contributed by atoms with van der Waals surface area (Å²) in [7, 11) is 0. The van der Waals surface area contributed by atoms with E-state index in [1.807, 2.05) is 0 Å². The van der Waals surface area contributed by atoms with Crippen molar-refractivity contribution in [2.24, 2.45) is 0 Å². The first kappa shape index (κ1) is 21.4. The molecular weight excluding hydrogens is 390 g/mol. The van der Waals surface area contributed by atoms with E-state index in [0.29, 0.717) is 11.1 Å². The van der Waals surface area contributed by atoms with Gasteiger partial charge in [-0.1, -0.05) is 42.0 Å². The number of benzene rings is 2. The summed E-state index contributed by atoms with van der Waals surface area (Å²) in [6.45, 7) is 4.65. The summed E-state index contributed by atoms with van der Waals surface area (Å²) in [5, 5.41) is 0.211. The Labute approximate surface area is 158 Å². The third kappa shape index (κ3) is 5.06. The zero-order chi connectivity index (χ0) is 20.6. The summed E-state index contributed by atoms with van der Waals surface area (Å²) in [5.41, 5.74) is 0.399. The van der Waals surface area contributed by atoms with Crippen LogP contribution in [0.2, 0.25) is 5.02 Å². The first-order valence-electron chi connectivity index (χ1n) is 8.00. The van der Waals surface area contributed by atoms with Crippen molar-refractivity contribution < 1.29 is 26.3 Å². The summed E-state index contributed by atoms with van der Waals surface area (Å²) in [6.07, 6.45) is -7.28. The molecule has 27 heavy (non-hydrogen) atoms. The highest BCUT2D eigenvalue weighted by Crippen LogP contribution is 2.39. The average Bonchev–Trinajstić information content (AvgIpc) is 2.51. The van der Waals surface area contributed by atoms with Crippen LogP contribution >= 0.6 is 11.6 Å². The van der Waals surface area contributed by atoms with Gasteiger partial charge in [0.05, 0.1) is 11.5 Å². The minimum Gasteiger partial charge on any atom is -0.170 e. The van der Waals surface area contributed by atoms with Gasteiger partial charge in [0.15, 0.2) is 0 Å². The van der Waals surface area contributed by atoms with Crippen molar-refractivity contribution in [1.29, 1.82) is 0 Å². The number of halogens is 7. The van der Waals surface area contributed by atoms with Crippen molar-refractivity contribution in [2.45, 2.75) is 39.0 Å². The van der Waals surface area contributed by atoms with E-state index in [0.717, 1.165) is 18.2 Å². The second kappa shape index (κ2) is 7.58. The number of rotatable bonds is 3. The lowest BCUT2D eigenvalue weighted by Crippen LogP contribution is -2.19. The molecule has 0 spiro atoms. The summed E-state index contributed by atoms with van der Waals surface area (Å²) < 4.78 is 79.6. The Morgan fingerprint density at radius 2 is 1.52 bits per heavy atom. The van der Waals surface area contributed by atoms with Gasteiger partial charge in [0.2, 0.25) is 0 Å². The van der Waals surface area contributed by atoms with Crippen LogP contribution in [-0.2, 0) is 6.18 Å². The summed E-state index contributed by atoms with van der Waals surface area (Å²) in [6, 6.07) is 6.05. The van der Waals surface area contributed by atoms with E-state index in [1.165, 1.54) is 31.2 Å². The highest BCUT2D eigenvalue weighted by Gasteiger charge is 2.39. The van der Waals surface area contributed by atoms with Crippen LogP contribution in [0.15, 0.2) is 36.4 Å². The molecule has 0 aliphatic carbocycles. The van der Waals surface area contributed by atoms with Gasteiger partial charge < -0.3 is 0 Å². The average molecular weight is 407 g/mol. The van der Waals surface area contributed by atoms with E-state index in [-0.39, 0.29) is 21.7 Å². The van der Waals surface area contributed by atoms with Crippen LogP contribution in [0.5, 0.6) is 0 Å². The van der Waals surface area contributed by atoms with E-state index in [4.69, 9.17) is 11.6 Å². The minimum atomic E-state index is -4.61. The molecule has 2 aromatic carbocycles. The van der Waals surface area contributed by atoms with Crippen LogP contribution in [0.4, 0.5) is 26.3 Å². The summed E-state index contributed by atoms with van der Waals surface area (Å²) in [5.74, 6) is -1.98. The lowest BCUT2D eigenvalue weighted by Gasteiger charge is -2.19. The maximum absolute atomic E-state index is 13.5. The zero-order valence-electron chi connectivity index (χ0n) is 14.8. The molecule has 0 aromatic heterocycles. The van der Waals surface area contributed by atoms with Crippen LogP contribution in [0.25, 0.3) is 6.08 Å². The fourth-order valence-electron chi connectivity index (χ4n) is 2.69. The number of hydrogen-bond donors (Lipinski definition) is 0. The van der Waals surface area contributed by atoms with E-state index < -0.39 is 23.8 Å². The van der Waals surface area contributed by atoms with E-state index in [1.54, 1.807) is 13.8 Å². The molecule has 0 aliphatic rings. The van der Waals surface area contributed by atoms with Gasteiger partial charge in [0.25, 0.3) is 0 Å². The third-order valence-corrected chi connectivity index (χ3v) is 4.78. The molecule has 0 saturated carbocycles. The maximum Gasteiger partial charge on any atom is 0.416 e. The smallest absolute Gasteiger partial charge is 0.170 e. The monoisotopic (exact) mass is 406 g/mol. The zero-order valence-corrected chi connectivity index (χ0v) is 15.5. The van der Waals surface area contributed by atoms with E-state index >= 15 is 0 Å². The Hall–Kier alpha value is -1.95. The molecule has 1 atom stereocenters. The lowest BCUT2D eigenvalue weighted by molar-refractivity contribution is -0.139. The minimum absolute atomic E-state index is 0.00737. The molecule has 0 fully saturated rings. The molecule has 0 aliphatic heterocycles. The predicted octanol–water partition coefficient (Wildman–Crippen LogP) is 7.64. The maximum atomic E-state index is 13.5. The quantitative estimate of drug-likeness (QED) is 0.459. The predicted molar refractivity (Wildman–Crippen MR) is 94.9 cm³/mol. The van der Waals surface area contributed by atoms with Crippen LogP contribution in [-0.4, -0.2) is 6.18 Å². The van der Waals surface area contributed by atoms with Gasteiger partial charge in [0, 0.05) is 5.02 Å². The molecule has 0 heterocycles. The molecular formula is C20H17ClF6.